The second-order valence-corrected chi connectivity index (χ2v) is 9.20. The van der Waals surface area contributed by atoms with E-state index in [1.54, 1.807) is 0 Å². The maximum atomic E-state index is 14.9. The number of benzene rings is 4. The van der Waals surface area contributed by atoms with Gasteiger partial charge in [0.25, 0.3) is 0 Å². The van der Waals surface area contributed by atoms with E-state index >= 15 is 0 Å². The Morgan fingerprint density at radius 2 is 1.11 bits per heavy atom. The molecule has 0 bridgehead atoms. The first-order valence-electron chi connectivity index (χ1n) is 12.0. The SMILES string of the molecule is Cc1cc(F)c(C(F)(F)Oc2cc(F)c(C#Cc3cc(F)c(-c4cc(F)c(OC(F)(F)F)c(F)c4)cc3C)c(F)c2)c(F)c1. The first kappa shape index (κ1) is 32.1. The van der Waals surface area contributed by atoms with E-state index in [1.807, 2.05) is 5.92 Å². The van der Waals surface area contributed by atoms with Crippen LogP contribution >= 0.6 is 0 Å². The van der Waals surface area contributed by atoms with Gasteiger partial charge in [-0.3, -0.25) is 0 Å². The van der Waals surface area contributed by atoms with Gasteiger partial charge >= 0.3 is 12.5 Å². The molecule has 0 heterocycles. The van der Waals surface area contributed by atoms with Crippen LogP contribution in [0.1, 0.15) is 27.8 Å². The van der Waals surface area contributed by atoms with Crippen LogP contribution in [-0.4, -0.2) is 6.36 Å². The molecule has 0 amide bonds. The van der Waals surface area contributed by atoms with Crippen LogP contribution in [-0.2, 0) is 6.11 Å². The molecule has 0 fully saturated rings. The Hall–Kier alpha value is -4.80. The number of ether oxygens (including phenoxy) is 2. The van der Waals surface area contributed by atoms with E-state index in [4.69, 9.17) is 0 Å². The predicted octanol–water partition coefficient (Wildman–Crippen LogP) is 9.37. The van der Waals surface area contributed by atoms with Crippen molar-refractivity contribution >= 4 is 0 Å². The molecule has 0 aliphatic carbocycles. The third-order valence-corrected chi connectivity index (χ3v) is 5.90. The van der Waals surface area contributed by atoms with E-state index in [2.05, 4.69) is 15.4 Å². The Kier molecular flexibility index (Phi) is 8.55. The number of hydrogen-bond donors (Lipinski definition) is 0. The zero-order chi connectivity index (χ0) is 32.7. The van der Waals surface area contributed by atoms with Crippen molar-refractivity contribution in [3.63, 3.8) is 0 Å². The molecule has 0 unspecified atom stereocenters. The summed E-state index contributed by atoms with van der Waals surface area (Å²) in [5.74, 6) is -9.71. The molecule has 0 aliphatic heterocycles. The highest BCUT2D eigenvalue weighted by molar-refractivity contribution is 5.68. The second kappa shape index (κ2) is 11.7. The van der Waals surface area contributed by atoms with Crippen LogP contribution in [0.3, 0.4) is 0 Å². The molecule has 2 nitrogen and oxygen atoms in total. The highest BCUT2D eigenvalue weighted by Crippen LogP contribution is 2.37. The molecular weight excluding hydrogens is 620 g/mol. The Morgan fingerprint density at radius 3 is 1.64 bits per heavy atom. The quantitative estimate of drug-likeness (QED) is 0.161. The molecule has 0 spiro atoms. The topological polar surface area (TPSA) is 18.5 Å². The van der Waals surface area contributed by atoms with Gasteiger partial charge in [-0.2, -0.15) is 8.78 Å². The van der Waals surface area contributed by atoms with Crippen molar-refractivity contribution in [2.75, 3.05) is 0 Å². The minimum atomic E-state index is -5.40. The normalized spacial score (nSPS) is 11.7. The Balaban J connectivity index is 1.63. The average Bonchev–Trinajstić information content (AvgIpc) is 2.85. The van der Waals surface area contributed by atoms with Crippen LogP contribution in [0, 0.1) is 66.4 Å². The molecule has 4 aromatic carbocycles. The van der Waals surface area contributed by atoms with E-state index in [-0.39, 0.29) is 28.8 Å². The lowest BCUT2D eigenvalue weighted by Gasteiger charge is -2.20. The van der Waals surface area contributed by atoms with Crippen molar-refractivity contribution in [1.82, 2.24) is 0 Å². The smallest absolute Gasteiger partial charge is 0.429 e. The largest absolute Gasteiger partial charge is 0.573 e. The van der Waals surface area contributed by atoms with Gasteiger partial charge in [-0.05, 0) is 66.9 Å². The highest BCUT2D eigenvalue weighted by Gasteiger charge is 2.41. The van der Waals surface area contributed by atoms with Crippen molar-refractivity contribution < 1.29 is 62.2 Å². The molecule has 0 aromatic heterocycles. The monoisotopic (exact) mass is 634 g/mol. The number of rotatable bonds is 5. The third kappa shape index (κ3) is 6.88. The van der Waals surface area contributed by atoms with Gasteiger partial charge in [0.15, 0.2) is 11.6 Å². The summed E-state index contributed by atoms with van der Waals surface area (Å²) in [7, 11) is 0. The molecule has 0 aliphatic rings. The summed E-state index contributed by atoms with van der Waals surface area (Å²) >= 11 is 0. The lowest BCUT2D eigenvalue weighted by Crippen LogP contribution is -2.25. The number of hydrogen-bond acceptors (Lipinski definition) is 2. The molecule has 4 aromatic rings. The van der Waals surface area contributed by atoms with Crippen molar-refractivity contribution in [2.24, 2.45) is 0 Å². The highest BCUT2D eigenvalue weighted by atomic mass is 19.4. The molecule has 0 saturated carbocycles. The fourth-order valence-corrected chi connectivity index (χ4v) is 4.00. The molecule has 0 atom stereocenters. The summed E-state index contributed by atoms with van der Waals surface area (Å²) in [6.07, 6.45) is -10.1. The van der Waals surface area contributed by atoms with E-state index < -0.39 is 86.9 Å². The van der Waals surface area contributed by atoms with E-state index in [9.17, 15) is 52.7 Å². The Labute approximate surface area is 240 Å². The summed E-state index contributed by atoms with van der Waals surface area (Å²) in [6, 6.07) is 4.27. The molecule has 0 saturated heterocycles. The van der Waals surface area contributed by atoms with Crippen molar-refractivity contribution in [2.45, 2.75) is 26.3 Å². The van der Waals surface area contributed by atoms with Gasteiger partial charge in [0.05, 0.1) is 5.56 Å². The zero-order valence-corrected chi connectivity index (χ0v) is 22.0. The predicted molar refractivity (Wildman–Crippen MR) is 131 cm³/mol. The average molecular weight is 634 g/mol. The van der Waals surface area contributed by atoms with Gasteiger partial charge in [0.2, 0.25) is 5.75 Å². The third-order valence-electron chi connectivity index (χ3n) is 5.90. The summed E-state index contributed by atoms with van der Waals surface area (Å²) in [5, 5.41) is 0. The molecular formula is C30H14F12O2. The first-order chi connectivity index (χ1) is 20.4. The van der Waals surface area contributed by atoms with Crippen LogP contribution in [0.2, 0.25) is 0 Å². The summed E-state index contributed by atoms with van der Waals surface area (Å²) < 4.78 is 174. The molecule has 0 N–H and O–H groups in total. The van der Waals surface area contributed by atoms with E-state index in [0.717, 1.165) is 6.07 Å². The molecule has 14 heteroatoms. The molecule has 0 radical (unpaired) electrons. The van der Waals surface area contributed by atoms with Crippen LogP contribution in [0.15, 0.2) is 48.5 Å². The van der Waals surface area contributed by atoms with Crippen molar-refractivity contribution in [1.29, 1.82) is 0 Å². The van der Waals surface area contributed by atoms with Crippen LogP contribution < -0.4 is 9.47 Å². The molecule has 44 heavy (non-hydrogen) atoms. The minimum Gasteiger partial charge on any atom is -0.429 e. The van der Waals surface area contributed by atoms with Gasteiger partial charge in [0.1, 0.15) is 40.4 Å². The number of halogens is 12. The molecule has 4 rings (SSSR count). The fourth-order valence-electron chi connectivity index (χ4n) is 4.00. The Morgan fingerprint density at radius 1 is 0.568 bits per heavy atom. The van der Waals surface area contributed by atoms with Gasteiger partial charge < -0.3 is 9.47 Å². The van der Waals surface area contributed by atoms with Crippen molar-refractivity contribution in [3.05, 3.63) is 117 Å². The van der Waals surface area contributed by atoms with Gasteiger partial charge in [-0.15, -0.1) is 13.2 Å². The van der Waals surface area contributed by atoms with Gasteiger partial charge in [0, 0.05) is 23.3 Å². The summed E-state index contributed by atoms with van der Waals surface area (Å²) in [5.41, 5.74) is -3.87. The van der Waals surface area contributed by atoms with Gasteiger partial charge in [-0.1, -0.05) is 11.8 Å². The maximum Gasteiger partial charge on any atom is 0.573 e. The fraction of sp³-hybridized carbons (Fsp3) is 0.133. The van der Waals surface area contributed by atoms with Crippen molar-refractivity contribution in [3.8, 4) is 34.5 Å². The maximum absolute atomic E-state index is 14.9. The Bertz CT molecular complexity index is 1770. The summed E-state index contributed by atoms with van der Waals surface area (Å²) in [4.78, 5) is 0. The number of aryl methyl sites for hydroxylation is 2. The van der Waals surface area contributed by atoms with Crippen LogP contribution in [0.4, 0.5) is 52.7 Å². The minimum absolute atomic E-state index is 0.0132. The lowest BCUT2D eigenvalue weighted by molar-refractivity contribution is -0.276. The second-order valence-electron chi connectivity index (χ2n) is 9.20. The van der Waals surface area contributed by atoms with Gasteiger partial charge in [-0.25, -0.2) is 30.7 Å². The summed E-state index contributed by atoms with van der Waals surface area (Å²) in [6.45, 7) is 2.56. The first-order valence-corrected chi connectivity index (χ1v) is 12.0. The molecule has 230 valence electrons. The van der Waals surface area contributed by atoms with E-state index in [0.29, 0.717) is 30.3 Å². The zero-order valence-electron chi connectivity index (χ0n) is 22.0. The number of alkyl halides is 5. The lowest BCUT2D eigenvalue weighted by atomic mass is 9.98. The van der Waals surface area contributed by atoms with Crippen LogP contribution in [0.25, 0.3) is 11.1 Å². The van der Waals surface area contributed by atoms with Crippen LogP contribution in [0.5, 0.6) is 11.5 Å². The standard InChI is InChI=1S/C30H14F12O2/c1-13-5-23(34)27(24(35)6-13)29(38,39)43-17-11-21(32)18(22(33)12-17)4-3-15-8-20(31)19(7-14(15)2)16-9-25(36)28(26(37)10-16)44-30(40,41)42/h5-12H,1-2H3. The van der Waals surface area contributed by atoms with E-state index in [1.165, 1.54) is 13.8 Å².